The third kappa shape index (κ3) is 1.96. The van der Waals surface area contributed by atoms with E-state index in [0.29, 0.717) is 0 Å². The predicted molar refractivity (Wildman–Crippen MR) is 78.3 cm³/mol. The molecule has 4 heteroatoms. The molecule has 2 N–H and O–H groups in total. The van der Waals surface area contributed by atoms with Gasteiger partial charge in [-0.2, -0.15) is 5.10 Å². The minimum atomic E-state index is -0.245. The summed E-state index contributed by atoms with van der Waals surface area (Å²) in [7, 11) is -0.245. The van der Waals surface area contributed by atoms with Crippen LogP contribution >= 0.6 is 7.92 Å². The van der Waals surface area contributed by atoms with Crippen LogP contribution in [0.4, 0.5) is 5.69 Å². The highest BCUT2D eigenvalue weighted by atomic mass is 31.1. The van der Waals surface area contributed by atoms with Gasteiger partial charge in [-0.25, -0.2) is 0 Å². The molecule has 0 atom stereocenters. The van der Waals surface area contributed by atoms with Gasteiger partial charge in [0, 0.05) is 28.7 Å². The Bertz CT molecular complexity index is 492. The largest absolute Gasteiger partial charge is 0.398 e. The maximum atomic E-state index is 6.07. The molecule has 0 bridgehead atoms. The summed E-state index contributed by atoms with van der Waals surface area (Å²) in [6.45, 7) is 11.4. The van der Waals surface area contributed by atoms with E-state index < -0.39 is 0 Å². The van der Waals surface area contributed by atoms with E-state index in [1.807, 2.05) is 23.4 Å². The quantitative estimate of drug-likeness (QED) is 0.643. The molecule has 1 aromatic carbocycles. The van der Waals surface area contributed by atoms with Gasteiger partial charge in [-0.1, -0.05) is 20.6 Å². The lowest BCUT2D eigenvalue weighted by Crippen LogP contribution is -2.25. The lowest BCUT2D eigenvalue weighted by Gasteiger charge is -2.27. The van der Waals surface area contributed by atoms with Gasteiger partial charge in [0.2, 0.25) is 0 Å². The Kier molecular flexibility index (Phi) is 3.21. The zero-order valence-corrected chi connectivity index (χ0v) is 11.5. The zero-order chi connectivity index (χ0) is 12.6. The molecule has 0 saturated carbocycles. The van der Waals surface area contributed by atoms with E-state index in [-0.39, 0.29) is 7.92 Å². The minimum Gasteiger partial charge on any atom is -0.398 e. The van der Waals surface area contributed by atoms with Crippen molar-refractivity contribution in [1.29, 1.82) is 0 Å². The molecule has 2 rings (SSSR count). The average Bonchev–Trinajstić information content (AvgIpc) is 2.28. The van der Waals surface area contributed by atoms with Gasteiger partial charge in [-0.3, -0.25) is 5.01 Å². The first-order valence-electron chi connectivity index (χ1n) is 5.66. The Morgan fingerprint density at radius 2 is 2.12 bits per heavy atom. The number of fused-ring (bicyclic) bond motifs is 1. The van der Waals surface area contributed by atoms with Gasteiger partial charge in [-0.15, -0.1) is 0 Å². The first kappa shape index (κ1) is 12.1. The van der Waals surface area contributed by atoms with Gasteiger partial charge < -0.3 is 5.73 Å². The van der Waals surface area contributed by atoms with Crippen LogP contribution in [0.2, 0.25) is 0 Å². The van der Waals surface area contributed by atoms with E-state index in [1.165, 1.54) is 5.30 Å². The van der Waals surface area contributed by atoms with Crippen molar-refractivity contribution >= 4 is 30.8 Å². The molecule has 0 amide bonds. The lowest BCUT2D eigenvalue weighted by molar-refractivity contribution is 0.446. The number of anilines is 1. The van der Waals surface area contributed by atoms with Crippen molar-refractivity contribution in [2.24, 2.45) is 5.10 Å². The normalized spacial score (nSPS) is 14.4. The smallest absolute Gasteiger partial charge is 0.0601 e. The number of nitrogens with two attached hydrogens (primary N) is 1. The van der Waals surface area contributed by atoms with Crippen LogP contribution in [0.25, 0.3) is 5.70 Å². The number of hydrogen-bond acceptors (Lipinski definition) is 3. The second kappa shape index (κ2) is 4.50. The molecular weight excluding hydrogens is 229 g/mol. The highest BCUT2D eigenvalue weighted by Crippen LogP contribution is 2.34. The van der Waals surface area contributed by atoms with E-state index in [2.05, 4.69) is 31.9 Å². The van der Waals surface area contributed by atoms with Crippen LogP contribution < -0.4 is 11.0 Å². The van der Waals surface area contributed by atoms with Gasteiger partial charge in [0.05, 0.1) is 11.9 Å². The van der Waals surface area contributed by atoms with Crippen molar-refractivity contribution in [3.63, 3.8) is 0 Å². The molecule has 0 aliphatic carbocycles. The molecule has 0 radical (unpaired) electrons. The first-order valence-corrected chi connectivity index (χ1v) is 7.90. The first-order chi connectivity index (χ1) is 8.06. The molecule has 0 unspecified atom stereocenters. The van der Waals surface area contributed by atoms with Crippen LogP contribution in [-0.4, -0.2) is 31.1 Å². The Morgan fingerprint density at radius 1 is 1.41 bits per heavy atom. The topological polar surface area (TPSA) is 41.6 Å². The number of hydrogen-bond donors (Lipinski definition) is 1. The average molecular weight is 247 g/mol. The number of hydrazone groups is 1. The van der Waals surface area contributed by atoms with Crippen molar-refractivity contribution in [3.8, 4) is 0 Å². The van der Waals surface area contributed by atoms with Crippen molar-refractivity contribution < 1.29 is 0 Å². The van der Waals surface area contributed by atoms with Crippen molar-refractivity contribution in [2.45, 2.75) is 6.92 Å². The zero-order valence-electron chi connectivity index (χ0n) is 10.6. The second-order valence-electron chi connectivity index (χ2n) is 4.27. The molecule has 0 saturated heterocycles. The van der Waals surface area contributed by atoms with E-state index in [1.54, 1.807) is 0 Å². The molecule has 1 heterocycles. The fourth-order valence-corrected chi connectivity index (χ4v) is 3.37. The number of nitrogens with zero attached hydrogens (tertiary/aromatic N) is 2. The monoisotopic (exact) mass is 247 g/mol. The molecule has 3 nitrogen and oxygen atoms in total. The van der Waals surface area contributed by atoms with E-state index >= 15 is 0 Å². The third-order valence-corrected chi connectivity index (χ3v) is 4.34. The number of benzene rings is 1. The summed E-state index contributed by atoms with van der Waals surface area (Å²) < 4.78 is 0. The maximum Gasteiger partial charge on any atom is 0.0601 e. The SMILES string of the molecule is C=C1c2ccc(N)c(P(C)C)c2C=NN1CC. The summed E-state index contributed by atoms with van der Waals surface area (Å²) in [4.78, 5) is 0. The fourth-order valence-electron chi connectivity index (χ4n) is 2.11. The number of nitrogen functional groups attached to an aromatic ring is 1. The Balaban J connectivity index is 2.62. The molecule has 0 aromatic heterocycles. The maximum absolute atomic E-state index is 6.07. The Labute approximate surface area is 104 Å². The summed E-state index contributed by atoms with van der Waals surface area (Å²) in [5.41, 5.74) is 10.2. The van der Waals surface area contributed by atoms with Crippen LogP contribution in [0.5, 0.6) is 0 Å². The van der Waals surface area contributed by atoms with Crippen molar-refractivity contribution in [2.75, 3.05) is 25.6 Å². The summed E-state index contributed by atoms with van der Waals surface area (Å²) >= 11 is 0. The van der Waals surface area contributed by atoms with Crippen LogP contribution in [0.1, 0.15) is 18.1 Å². The van der Waals surface area contributed by atoms with Crippen molar-refractivity contribution in [3.05, 3.63) is 29.8 Å². The summed E-state index contributed by atoms with van der Waals surface area (Å²) in [6.07, 6.45) is 1.92. The van der Waals surface area contributed by atoms with Crippen LogP contribution in [0, 0.1) is 0 Å². The third-order valence-electron chi connectivity index (χ3n) is 2.94. The minimum absolute atomic E-state index is 0.245. The van der Waals surface area contributed by atoms with Gasteiger partial charge in [-0.05, 0) is 26.3 Å². The van der Waals surface area contributed by atoms with Crippen LogP contribution in [0.3, 0.4) is 0 Å². The molecule has 17 heavy (non-hydrogen) atoms. The molecule has 1 aliphatic heterocycles. The number of rotatable bonds is 2. The van der Waals surface area contributed by atoms with Crippen LogP contribution in [0.15, 0.2) is 23.8 Å². The standard InChI is InChI=1S/C13H18N3P/c1-5-16-9(2)10-6-7-12(14)13(17(3)4)11(10)8-15-16/h6-8H,2,5,14H2,1,3-4H3. The molecule has 0 spiro atoms. The van der Waals surface area contributed by atoms with E-state index in [9.17, 15) is 0 Å². The summed E-state index contributed by atoms with van der Waals surface area (Å²) in [6, 6.07) is 4.03. The van der Waals surface area contributed by atoms with E-state index in [0.717, 1.165) is 29.1 Å². The highest BCUT2D eigenvalue weighted by molar-refractivity contribution is 7.64. The molecular formula is C13H18N3P. The molecule has 0 fully saturated rings. The van der Waals surface area contributed by atoms with Gasteiger partial charge in [0.1, 0.15) is 0 Å². The second-order valence-corrected chi connectivity index (χ2v) is 6.50. The van der Waals surface area contributed by atoms with Crippen LogP contribution in [-0.2, 0) is 0 Å². The van der Waals surface area contributed by atoms with Gasteiger partial charge in [0.25, 0.3) is 0 Å². The molecule has 1 aliphatic rings. The van der Waals surface area contributed by atoms with E-state index in [4.69, 9.17) is 5.73 Å². The van der Waals surface area contributed by atoms with Crippen molar-refractivity contribution in [1.82, 2.24) is 5.01 Å². The Morgan fingerprint density at radius 3 is 2.71 bits per heavy atom. The molecule has 1 aromatic rings. The lowest BCUT2D eigenvalue weighted by atomic mass is 10.0. The fraction of sp³-hybridized carbons (Fsp3) is 0.308. The Hall–Kier alpha value is -1.34. The molecule has 90 valence electrons. The van der Waals surface area contributed by atoms with Gasteiger partial charge >= 0.3 is 0 Å². The van der Waals surface area contributed by atoms with Gasteiger partial charge in [0.15, 0.2) is 0 Å². The highest BCUT2D eigenvalue weighted by Gasteiger charge is 2.20. The summed E-state index contributed by atoms with van der Waals surface area (Å²) in [5.74, 6) is 0. The predicted octanol–water partition coefficient (Wildman–Crippen LogP) is 2.28. The summed E-state index contributed by atoms with van der Waals surface area (Å²) in [5, 5.41) is 7.57.